The molecule has 1 unspecified atom stereocenters. The number of ether oxygens (including phenoxy) is 2. The van der Waals surface area contributed by atoms with Crippen LogP contribution < -0.4 is 5.32 Å². The first-order chi connectivity index (χ1) is 6.76. The highest BCUT2D eigenvalue weighted by Gasteiger charge is 2.43. The first-order valence-corrected chi connectivity index (χ1v) is 4.94. The van der Waals surface area contributed by atoms with Crippen molar-refractivity contribution in [2.45, 2.75) is 24.7 Å². The van der Waals surface area contributed by atoms with Crippen LogP contribution in [0.25, 0.3) is 0 Å². The Balaban J connectivity index is 1.98. The van der Waals surface area contributed by atoms with E-state index in [2.05, 4.69) is 11.9 Å². The minimum atomic E-state index is -0.505. The Morgan fingerprint density at radius 1 is 1.50 bits per heavy atom. The summed E-state index contributed by atoms with van der Waals surface area (Å²) in [5, 5.41) is 3.23. The van der Waals surface area contributed by atoms with Gasteiger partial charge in [-0.25, -0.2) is 0 Å². The zero-order valence-electron chi connectivity index (χ0n) is 8.12. The van der Waals surface area contributed by atoms with Crippen molar-refractivity contribution in [3.05, 3.63) is 12.7 Å². The summed E-state index contributed by atoms with van der Waals surface area (Å²) >= 11 is 0. The number of hydrogen-bond donors (Lipinski definition) is 1. The molecule has 1 atom stereocenters. The first-order valence-electron chi connectivity index (χ1n) is 4.94. The molecule has 4 heteroatoms. The zero-order chi connectivity index (χ0) is 10.0. The van der Waals surface area contributed by atoms with Gasteiger partial charge in [0.05, 0.1) is 6.61 Å². The third kappa shape index (κ3) is 1.73. The molecule has 0 amide bonds. The van der Waals surface area contributed by atoms with E-state index in [4.69, 9.17) is 9.47 Å². The molecular weight excluding hydrogens is 182 g/mol. The van der Waals surface area contributed by atoms with Crippen LogP contribution in [0.2, 0.25) is 0 Å². The standard InChI is InChI=1S/C10H15NO3/c1-2-8(12)9-7-13-10(14-9)3-5-11-6-4-10/h2,9,11H,1,3-7H2. The van der Waals surface area contributed by atoms with Gasteiger partial charge in [-0.15, -0.1) is 0 Å². The Labute approximate surface area is 83.3 Å². The van der Waals surface area contributed by atoms with Gasteiger partial charge < -0.3 is 14.8 Å². The maximum Gasteiger partial charge on any atom is 0.186 e. The maximum atomic E-state index is 11.3. The van der Waals surface area contributed by atoms with Crippen LogP contribution in [0.15, 0.2) is 12.7 Å². The van der Waals surface area contributed by atoms with Gasteiger partial charge >= 0.3 is 0 Å². The molecule has 0 aromatic rings. The summed E-state index contributed by atoms with van der Waals surface area (Å²) in [5.74, 6) is -0.588. The fraction of sp³-hybridized carbons (Fsp3) is 0.700. The molecule has 2 aliphatic heterocycles. The van der Waals surface area contributed by atoms with E-state index < -0.39 is 11.9 Å². The Kier molecular flexibility index (Phi) is 2.67. The average molecular weight is 197 g/mol. The molecule has 14 heavy (non-hydrogen) atoms. The molecule has 0 aromatic heterocycles. The zero-order valence-corrected chi connectivity index (χ0v) is 8.12. The van der Waals surface area contributed by atoms with Crippen LogP contribution in [0, 0.1) is 0 Å². The fourth-order valence-corrected chi connectivity index (χ4v) is 1.90. The summed E-state index contributed by atoms with van der Waals surface area (Å²) in [5.41, 5.74) is 0. The van der Waals surface area contributed by atoms with Crippen molar-refractivity contribution in [2.24, 2.45) is 0 Å². The monoisotopic (exact) mass is 197 g/mol. The molecule has 2 fully saturated rings. The van der Waals surface area contributed by atoms with E-state index in [0.717, 1.165) is 25.9 Å². The van der Waals surface area contributed by atoms with E-state index in [1.807, 2.05) is 0 Å². The van der Waals surface area contributed by atoms with E-state index in [9.17, 15) is 4.79 Å². The van der Waals surface area contributed by atoms with Gasteiger partial charge in [0.2, 0.25) is 0 Å². The van der Waals surface area contributed by atoms with Crippen molar-refractivity contribution in [1.29, 1.82) is 0 Å². The molecule has 4 nitrogen and oxygen atoms in total. The second-order valence-corrected chi connectivity index (χ2v) is 3.68. The van der Waals surface area contributed by atoms with Gasteiger partial charge in [0, 0.05) is 25.9 Å². The van der Waals surface area contributed by atoms with Crippen molar-refractivity contribution in [3.63, 3.8) is 0 Å². The minimum Gasteiger partial charge on any atom is -0.347 e. The number of piperidine rings is 1. The van der Waals surface area contributed by atoms with E-state index in [-0.39, 0.29) is 5.78 Å². The lowest BCUT2D eigenvalue weighted by atomic mass is 10.1. The van der Waals surface area contributed by atoms with Crippen molar-refractivity contribution in [2.75, 3.05) is 19.7 Å². The molecule has 1 spiro atoms. The lowest BCUT2D eigenvalue weighted by Crippen LogP contribution is -2.43. The SMILES string of the molecule is C=CC(=O)C1COC2(CCNCC2)O1. The highest BCUT2D eigenvalue weighted by Crippen LogP contribution is 2.32. The predicted molar refractivity (Wildman–Crippen MR) is 50.9 cm³/mol. The molecule has 2 aliphatic rings. The topological polar surface area (TPSA) is 47.6 Å². The summed E-state index contributed by atoms with van der Waals surface area (Å²) < 4.78 is 11.2. The van der Waals surface area contributed by atoms with E-state index in [0.29, 0.717) is 6.61 Å². The van der Waals surface area contributed by atoms with Crippen LogP contribution in [-0.2, 0) is 14.3 Å². The van der Waals surface area contributed by atoms with Crippen molar-refractivity contribution < 1.29 is 14.3 Å². The molecule has 78 valence electrons. The molecule has 1 N–H and O–H groups in total. The average Bonchev–Trinajstić information content (AvgIpc) is 2.62. The van der Waals surface area contributed by atoms with Crippen LogP contribution in [0.5, 0.6) is 0 Å². The van der Waals surface area contributed by atoms with Gasteiger partial charge in [-0.05, 0) is 6.08 Å². The summed E-state index contributed by atoms with van der Waals surface area (Å²) in [6.07, 6.45) is 2.49. The third-order valence-corrected chi connectivity index (χ3v) is 2.74. The fourth-order valence-electron chi connectivity index (χ4n) is 1.90. The molecule has 0 bridgehead atoms. The Bertz CT molecular complexity index is 246. The number of hydrogen-bond acceptors (Lipinski definition) is 4. The Morgan fingerprint density at radius 2 is 2.21 bits per heavy atom. The van der Waals surface area contributed by atoms with E-state index in [1.165, 1.54) is 6.08 Å². The molecule has 2 rings (SSSR count). The van der Waals surface area contributed by atoms with Crippen molar-refractivity contribution in [3.8, 4) is 0 Å². The van der Waals surface area contributed by atoms with Crippen molar-refractivity contribution in [1.82, 2.24) is 5.32 Å². The second-order valence-electron chi connectivity index (χ2n) is 3.68. The lowest BCUT2D eigenvalue weighted by Gasteiger charge is -2.31. The molecule has 0 aliphatic carbocycles. The molecule has 0 aromatic carbocycles. The van der Waals surface area contributed by atoms with Gasteiger partial charge in [0.25, 0.3) is 0 Å². The number of carbonyl (C=O) groups is 1. The first kappa shape index (κ1) is 9.83. The van der Waals surface area contributed by atoms with Gasteiger partial charge in [0.1, 0.15) is 6.10 Å². The molecule has 0 radical (unpaired) electrons. The number of nitrogens with one attached hydrogen (secondary N) is 1. The Hall–Kier alpha value is -0.710. The quantitative estimate of drug-likeness (QED) is 0.644. The number of carbonyl (C=O) groups excluding carboxylic acids is 1. The van der Waals surface area contributed by atoms with Gasteiger partial charge in [-0.2, -0.15) is 0 Å². The summed E-state index contributed by atoms with van der Waals surface area (Å²) in [6.45, 7) is 5.58. The number of rotatable bonds is 2. The highest BCUT2D eigenvalue weighted by molar-refractivity contribution is 5.93. The maximum absolute atomic E-state index is 11.3. The largest absolute Gasteiger partial charge is 0.347 e. The van der Waals surface area contributed by atoms with E-state index in [1.54, 1.807) is 0 Å². The molecule has 2 heterocycles. The summed E-state index contributed by atoms with van der Waals surface area (Å²) in [7, 11) is 0. The van der Waals surface area contributed by atoms with Crippen LogP contribution >= 0.6 is 0 Å². The van der Waals surface area contributed by atoms with Gasteiger partial charge in [-0.3, -0.25) is 4.79 Å². The normalized spacial score (nSPS) is 30.4. The summed E-state index contributed by atoms with van der Waals surface area (Å²) in [6, 6.07) is 0. The van der Waals surface area contributed by atoms with Crippen LogP contribution in [0.4, 0.5) is 0 Å². The molecule has 2 saturated heterocycles. The van der Waals surface area contributed by atoms with Crippen molar-refractivity contribution >= 4 is 5.78 Å². The molecular formula is C10H15NO3. The predicted octanol–water partition coefficient (Wildman–Crippen LogP) is 0.237. The van der Waals surface area contributed by atoms with Gasteiger partial charge in [0.15, 0.2) is 11.6 Å². The second kappa shape index (κ2) is 3.81. The van der Waals surface area contributed by atoms with Crippen LogP contribution in [0.3, 0.4) is 0 Å². The van der Waals surface area contributed by atoms with Crippen LogP contribution in [-0.4, -0.2) is 37.4 Å². The smallest absolute Gasteiger partial charge is 0.186 e. The molecule has 0 saturated carbocycles. The van der Waals surface area contributed by atoms with Crippen LogP contribution in [0.1, 0.15) is 12.8 Å². The summed E-state index contributed by atoms with van der Waals surface area (Å²) in [4.78, 5) is 11.3. The highest BCUT2D eigenvalue weighted by atomic mass is 16.7. The third-order valence-electron chi connectivity index (χ3n) is 2.74. The van der Waals surface area contributed by atoms with E-state index >= 15 is 0 Å². The Morgan fingerprint density at radius 3 is 2.86 bits per heavy atom. The van der Waals surface area contributed by atoms with Gasteiger partial charge in [-0.1, -0.05) is 6.58 Å². The minimum absolute atomic E-state index is 0.0830. The lowest BCUT2D eigenvalue weighted by molar-refractivity contribution is -0.184. The number of ketones is 1.